The summed E-state index contributed by atoms with van der Waals surface area (Å²) in [4.78, 5) is 106. The van der Waals surface area contributed by atoms with Crippen molar-refractivity contribution in [3.63, 3.8) is 0 Å². The second-order valence-electron chi connectivity index (χ2n) is 25.2. The molecule has 0 radical (unpaired) electrons. The van der Waals surface area contributed by atoms with Gasteiger partial charge in [-0.25, -0.2) is 9.97 Å². The standard InChI is InChI=1S/C62H76N10O10S2/c1-33(2)81-47-22-36(49-34(3)66-32-83-49)13-15-39(47)26-64-54(76)46-25-43(74)30-71(46)58(79)52(61(8,9)10)72-28-41-21-38(17-18-44(41)56(72)77)55-67-35(4)50(84-55)37-14-16-40(48(23-37)82-69(11)12)27-65-53(75)45-24-42(73)29-70(45)57(78)51(60(5,6)7)68-59(80)62(31-63)19-20-62/h13-18,21-23,32-33,42-43,45-46,51-52,73-74H,19-20,24-30H2,1-12H3,(H,64,76)(H,65,75)(H,68,80)/t42-,43-,45?,46?,51-,52-/m1/s1. The van der Waals surface area contributed by atoms with E-state index in [0.29, 0.717) is 40.5 Å². The van der Waals surface area contributed by atoms with Gasteiger partial charge in [0.2, 0.25) is 29.5 Å². The lowest BCUT2D eigenvalue weighted by molar-refractivity contribution is -0.145. The van der Waals surface area contributed by atoms with Gasteiger partial charge in [0.1, 0.15) is 40.3 Å². The Bertz CT molecular complexity index is 3420. The lowest BCUT2D eigenvalue weighted by atomic mass is 9.84. The number of hydrogen-bond acceptors (Lipinski definition) is 16. The van der Waals surface area contributed by atoms with Crippen molar-refractivity contribution in [2.45, 2.75) is 157 Å². The predicted molar refractivity (Wildman–Crippen MR) is 318 cm³/mol. The summed E-state index contributed by atoms with van der Waals surface area (Å²) in [7, 11) is 3.47. The second-order valence-corrected chi connectivity index (χ2v) is 27.0. The van der Waals surface area contributed by atoms with Crippen LogP contribution in [0.2, 0.25) is 0 Å². The van der Waals surface area contributed by atoms with Gasteiger partial charge in [0.25, 0.3) is 5.91 Å². The van der Waals surface area contributed by atoms with Gasteiger partial charge in [-0.3, -0.25) is 28.8 Å². The number of hydrogen-bond donors (Lipinski definition) is 5. The Morgan fingerprint density at radius 1 is 0.798 bits per heavy atom. The van der Waals surface area contributed by atoms with E-state index in [1.807, 2.05) is 97.0 Å². The van der Waals surface area contributed by atoms with Crippen LogP contribution in [0.25, 0.3) is 31.5 Å². The molecule has 20 nitrogen and oxygen atoms in total. The number of nitriles is 1. The Morgan fingerprint density at radius 3 is 1.90 bits per heavy atom. The van der Waals surface area contributed by atoms with Crippen LogP contribution in [0.5, 0.6) is 11.5 Å². The number of fused-ring (bicyclic) bond motifs is 1. The number of aliphatic hydroxyl groups is 2. The zero-order valence-electron chi connectivity index (χ0n) is 49.8. The van der Waals surface area contributed by atoms with Crippen molar-refractivity contribution in [2.24, 2.45) is 16.2 Å². The van der Waals surface area contributed by atoms with Gasteiger partial charge in [0.15, 0.2) is 5.75 Å². The Hall–Kier alpha value is -7.29. The zero-order chi connectivity index (χ0) is 60.9. The van der Waals surface area contributed by atoms with Crippen LogP contribution in [0, 0.1) is 41.4 Å². The number of aromatic nitrogens is 2. The van der Waals surface area contributed by atoms with E-state index in [0.717, 1.165) is 49.0 Å². The fourth-order valence-corrected chi connectivity index (χ4v) is 13.2. The average Bonchev–Trinajstić information content (AvgIpc) is 2.26. The Labute approximate surface area is 498 Å². The molecule has 3 aromatic carbocycles. The maximum Gasteiger partial charge on any atom is 0.255 e. The quantitative estimate of drug-likeness (QED) is 0.0558. The lowest BCUT2D eigenvalue weighted by Crippen LogP contribution is -2.58. The number of rotatable bonds is 18. The average molecular weight is 1190 g/mol. The van der Waals surface area contributed by atoms with Crippen LogP contribution in [-0.4, -0.2) is 145 Å². The monoisotopic (exact) mass is 1180 g/mol. The normalized spacial score (nSPS) is 19.9. The summed E-state index contributed by atoms with van der Waals surface area (Å²) in [6.45, 7) is 18.9. The number of benzene rings is 3. The van der Waals surface area contributed by atoms with Crippen LogP contribution in [0.15, 0.2) is 60.1 Å². The molecule has 0 bridgehead atoms. The fourth-order valence-electron chi connectivity index (χ4n) is 11.3. The van der Waals surface area contributed by atoms with Gasteiger partial charge in [-0.05, 0) is 92.3 Å². The number of ether oxygens (including phenoxy) is 1. The largest absolute Gasteiger partial charge is 0.491 e. The first-order chi connectivity index (χ1) is 39.6. The number of amides is 6. The summed E-state index contributed by atoms with van der Waals surface area (Å²) in [5.41, 5.74) is 5.85. The fraction of sp³-hybridized carbons (Fsp3) is 0.500. The topological polar surface area (TPSA) is 260 Å². The molecule has 22 heteroatoms. The van der Waals surface area contributed by atoms with E-state index < -0.39 is 82.2 Å². The Morgan fingerprint density at radius 2 is 1.37 bits per heavy atom. The van der Waals surface area contributed by atoms with Gasteiger partial charge in [0, 0.05) is 81.9 Å². The maximum absolute atomic E-state index is 14.9. The van der Waals surface area contributed by atoms with Crippen molar-refractivity contribution in [3.05, 3.63) is 93.7 Å². The number of hydroxylamine groups is 2. The third-order valence-corrected chi connectivity index (χ3v) is 18.1. The van der Waals surface area contributed by atoms with Crippen LogP contribution >= 0.6 is 22.7 Å². The highest BCUT2D eigenvalue weighted by Crippen LogP contribution is 2.46. The first-order valence-corrected chi connectivity index (χ1v) is 30.1. The minimum absolute atomic E-state index is 0.00353. The van der Waals surface area contributed by atoms with E-state index in [1.54, 1.807) is 51.3 Å². The number of carbonyl (C=O) groups excluding carboxylic acids is 6. The molecule has 5 N–H and O–H groups in total. The summed E-state index contributed by atoms with van der Waals surface area (Å²) in [6, 6.07) is 15.1. The summed E-state index contributed by atoms with van der Waals surface area (Å²) in [5, 5.41) is 42.4. The predicted octanol–water partition coefficient (Wildman–Crippen LogP) is 6.92. The zero-order valence-corrected chi connectivity index (χ0v) is 51.4. The van der Waals surface area contributed by atoms with Gasteiger partial charge >= 0.3 is 0 Å². The van der Waals surface area contributed by atoms with Crippen LogP contribution in [-0.2, 0) is 43.6 Å². The van der Waals surface area contributed by atoms with Crippen LogP contribution < -0.4 is 25.5 Å². The molecule has 1 saturated carbocycles. The highest BCUT2D eigenvalue weighted by molar-refractivity contribution is 7.18. The van der Waals surface area contributed by atoms with Crippen molar-refractivity contribution in [2.75, 3.05) is 27.2 Å². The number of aliphatic hydroxyl groups excluding tert-OH is 2. The SMILES string of the molecule is Cc1ncsc1-c1ccc(CNC(=O)C2C[C@@H](O)CN2C(=O)[C@@H](N2Cc3cc(-c4nc(C)c(-c5ccc(CNC(=O)C6C[C@@H](O)CN6C(=O)[C@@H](NC(=O)C6(C#N)CC6)C(C)(C)C)c(ON(C)C)c5)s4)ccc3C2=O)C(C)(C)C)c(OC(C)C)c1. The van der Waals surface area contributed by atoms with Crippen LogP contribution in [0.4, 0.5) is 0 Å². The lowest BCUT2D eigenvalue weighted by Gasteiger charge is -2.40. The number of nitrogens with zero attached hydrogens (tertiary/aromatic N) is 7. The number of β-amino-alcohol motifs (C(OH)–C–C–N with tert-alkyl or cyclic N) is 2. The molecule has 6 atom stereocenters. The molecule has 2 saturated heterocycles. The van der Waals surface area contributed by atoms with Crippen molar-refractivity contribution in [1.29, 1.82) is 5.26 Å². The molecule has 5 heterocycles. The molecule has 3 aliphatic heterocycles. The number of nitrogens with one attached hydrogen (secondary N) is 3. The third kappa shape index (κ3) is 12.9. The van der Waals surface area contributed by atoms with E-state index >= 15 is 0 Å². The molecule has 6 amide bonds. The van der Waals surface area contributed by atoms with E-state index in [1.165, 1.54) is 37.5 Å². The number of aryl methyl sites for hydroxylation is 2. The summed E-state index contributed by atoms with van der Waals surface area (Å²) in [5.74, 6) is -1.60. The molecule has 1 aliphatic carbocycles. The van der Waals surface area contributed by atoms with Crippen molar-refractivity contribution in [3.8, 4) is 49.0 Å². The highest BCUT2D eigenvalue weighted by atomic mass is 32.1. The minimum Gasteiger partial charge on any atom is -0.491 e. The van der Waals surface area contributed by atoms with Crippen molar-refractivity contribution in [1.82, 2.24) is 45.7 Å². The minimum atomic E-state index is -1.16. The molecule has 84 heavy (non-hydrogen) atoms. The van der Waals surface area contributed by atoms with Gasteiger partial charge in [-0.15, -0.1) is 22.7 Å². The van der Waals surface area contributed by atoms with E-state index in [2.05, 4.69) is 27.0 Å². The molecule has 3 fully saturated rings. The molecule has 0 spiro atoms. The molecular formula is C62H76N10O10S2. The number of thiazole rings is 2. The van der Waals surface area contributed by atoms with E-state index in [4.69, 9.17) is 14.6 Å². The Balaban J connectivity index is 0.881. The second kappa shape index (κ2) is 24.0. The van der Waals surface area contributed by atoms with Gasteiger partial charge < -0.3 is 50.4 Å². The van der Waals surface area contributed by atoms with Gasteiger partial charge in [-0.1, -0.05) is 71.9 Å². The van der Waals surface area contributed by atoms with Crippen LogP contribution in [0.1, 0.15) is 120 Å². The first kappa shape index (κ1) is 61.3. The van der Waals surface area contributed by atoms with Crippen LogP contribution in [0.3, 0.4) is 0 Å². The van der Waals surface area contributed by atoms with Crippen molar-refractivity contribution < 1.29 is 48.6 Å². The summed E-state index contributed by atoms with van der Waals surface area (Å²) in [6.07, 6.45) is -1.17. The van der Waals surface area contributed by atoms with E-state index in [9.17, 15) is 44.2 Å². The van der Waals surface area contributed by atoms with Gasteiger partial charge in [-0.2, -0.15) is 10.3 Å². The van der Waals surface area contributed by atoms with Crippen molar-refractivity contribution >= 4 is 58.1 Å². The summed E-state index contributed by atoms with van der Waals surface area (Å²) < 4.78 is 6.20. The van der Waals surface area contributed by atoms with E-state index in [-0.39, 0.29) is 57.6 Å². The smallest absolute Gasteiger partial charge is 0.255 e. The highest BCUT2D eigenvalue weighted by Gasteiger charge is 2.54. The molecule has 2 unspecified atom stereocenters. The molecular weight excluding hydrogens is 1110 g/mol. The first-order valence-electron chi connectivity index (χ1n) is 28.4. The molecule has 9 rings (SSSR count). The third-order valence-electron chi connectivity index (χ3n) is 15.8. The molecule has 2 aromatic heterocycles. The summed E-state index contributed by atoms with van der Waals surface area (Å²) >= 11 is 2.99. The maximum atomic E-state index is 14.9. The van der Waals surface area contributed by atoms with Gasteiger partial charge in [0.05, 0.1) is 51.0 Å². The number of likely N-dealkylation sites (tertiary alicyclic amines) is 2. The molecule has 446 valence electrons. The molecule has 5 aromatic rings. The Kier molecular flexibility index (Phi) is 17.5. The molecule has 4 aliphatic rings. The number of carbonyl (C=O) groups is 6.